The van der Waals surface area contributed by atoms with Crippen molar-refractivity contribution in [1.82, 2.24) is 9.97 Å². The first-order chi connectivity index (χ1) is 11.8. The van der Waals surface area contributed by atoms with Gasteiger partial charge in [-0.1, -0.05) is 6.92 Å². The second kappa shape index (κ2) is 7.82. The van der Waals surface area contributed by atoms with Gasteiger partial charge in [0.15, 0.2) is 0 Å². The minimum atomic E-state index is -4.42. The van der Waals surface area contributed by atoms with E-state index in [4.69, 9.17) is 0 Å². The maximum atomic E-state index is 12.5. The minimum absolute atomic E-state index is 0.100. The number of benzene rings is 1. The zero-order valence-corrected chi connectivity index (χ0v) is 13.7. The molecule has 1 aromatic carbocycles. The van der Waals surface area contributed by atoms with Gasteiger partial charge in [-0.15, -0.1) is 0 Å². The number of alkyl halides is 3. The molecule has 1 heterocycles. The largest absolute Gasteiger partial charge is 0.416 e. The summed E-state index contributed by atoms with van der Waals surface area (Å²) in [7, 11) is 0. The Morgan fingerprint density at radius 3 is 2.40 bits per heavy atom. The zero-order chi connectivity index (χ0) is 18.4. The van der Waals surface area contributed by atoms with E-state index in [-0.39, 0.29) is 11.6 Å². The number of anilines is 3. The van der Waals surface area contributed by atoms with E-state index in [0.717, 1.165) is 25.1 Å². The number of aryl methyl sites for hydroxylation is 1. The average molecular weight is 353 g/mol. The molecule has 0 bridgehead atoms. The Bertz CT molecular complexity index is 732. The molecule has 2 amide bonds. The van der Waals surface area contributed by atoms with Gasteiger partial charge >= 0.3 is 12.2 Å². The van der Waals surface area contributed by atoms with Crippen molar-refractivity contribution in [3.05, 3.63) is 41.6 Å². The van der Waals surface area contributed by atoms with Gasteiger partial charge in [-0.25, -0.2) is 9.78 Å². The number of amides is 2. The molecule has 3 N–H and O–H groups in total. The second-order valence-electron chi connectivity index (χ2n) is 5.30. The normalized spacial score (nSPS) is 11.1. The molecule has 0 saturated carbocycles. The van der Waals surface area contributed by atoms with Crippen LogP contribution >= 0.6 is 0 Å². The van der Waals surface area contributed by atoms with Crippen LogP contribution in [0, 0.1) is 6.92 Å². The fourth-order valence-electron chi connectivity index (χ4n) is 1.97. The third kappa shape index (κ3) is 5.63. The summed E-state index contributed by atoms with van der Waals surface area (Å²) in [5.74, 6) is 0.683. The number of carbonyl (C=O) groups excluding carboxylic acids is 1. The number of aromatic nitrogens is 2. The predicted octanol–water partition coefficient (Wildman–Crippen LogP) is 4.27. The van der Waals surface area contributed by atoms with Gasteiger partial charge in [-0.2, -0.15) is 18.2 Å². The van der Waals surface area contributed by atoms with Crippen molar-refractivity contribution >= 4 is 23.5 Å². The van der Waals surface area contributed by atoms with Gasteiger partial charge < -0.3 is 10.6 Å². The Balaban J connectivity index is 2.01. The third-order valence-corrected chi connectivity index (χ3v) is 3.11. The smallest absolute Gasteiger partial charge is 0.370 e. The number of hydrogen-bond donors (Lipinski definition) is 3. The highest BCUT2D eigenvalue weighted by Gasteiger charge is 2.29. The second-order valence-corrected chi connectivity index (χ2v) is 5.30. The summed E-state index contributed by atoms with van der Waals surface area (Å²) in [5, 5.41) is 7.98. The van der Waals surface area contributed by atoms with Crippen LogP contribution in [0.25, 0.3) is 0 Å². The van der Waals surface area contributed by atoms with E-state index >= 15 is 0 Å². The van der Waals surface area contributed by atoms with Crippen LogP contribution in [0.3, 0.4) is 0 Å². The third-order valence-electron chi connectivity index (χ3n) is 3.11. The molecule has 0 aliphatic heterocycles. The number of carbonyl (C=O) groups is 1. The van der Waals surface area contributed by atoms with Crippen LogP contribution in [0.15, 0.2) is 30.3 Å². The van der Waals surface area contributed by atoms with Gasteiger partial charge in [-0.05, 0) is 37.6 Å². The molecule has 2 aromatic rings. The summed E-state index contributed by atoms with van der Waals surface area (Å²) in [6, 6.07) is 5.24. The van der Waals surface area contributed by atoms with Crippen molar-refractivity contribution in [3.8, 4) is 0 Å². The van der Waals surface area contributed by atoms with Crippen LogP contribution in [0.2, 0.25) is 0 Å². The van der Waals surface area contributed by atoms with E-state index in [0.29, 0.717) is 11.5 Å². The Kier molecular flexibility index (Phi) is 5.79. The van der Waals surface area contributed by atoms with Gasteiger partial charge in [0, 0.05) is 24.0 Å². The summed E-state index contributed by atoms with van der Waals surface area (Å²) < 4.78 is 37.5. The summed E-state index contributed by atoms with van der Waals surface area (Å²) in [6.45, 7) is 4.50. The van der Waals surface area contributed by atoms with Crippen LogP contribution < -0.4 is 16.0 Å². The maximum absolute atomic E-state index is 12.5. The molecule has 0 aliphatic rings. The van der Waals surface area contributed by atoms with Crippen molar-refractivity contribution in [2.45, 2.75) is 26.4 Å². The lowest BCUT2D eigenvalue weighted by atomic mass is 10.2. The predicted molar refractivity (Wildman–Crippen MR) is 89.6 cm³/mol. The number of nitrogens with zero attached hydrogens (tertiary/aromatic N) is 2. The minimum Gasteiger partial charge on any atom is -0.370 e. The molecule has 25 heavy (non-hydrogen) atoms. The fraction of sp³-hybridized carbons (Fsp3) is 0.312. The molecular weight excluding hydrogens is 335 g/mol. The lowest BCUT2D eigenvalue weighted by Gasteiger charge is -2.10. The van der Waals surface area contributed by atoms with Crippen LogP contribution in [-0.2, 0) is 6.18 Å². The highest BCUT2D eigenvalue weighted by molar-refractivity contribution is 5.98. The van der Waals surface area contributed by atoms with E-state index in [1.807, 2.05) is 6.92 Å². The number of halogens is 3. The molecule has 2 rings (SSSR count). The molecule has 134 valence electrons. The topological polar surface area (TPSA) is 78.9 Å². The first kappa shape index (κ1) is 18.5. The molecule has 0 unspecified atom stereocenters. The van der Waals surface area contributed by atoms with Crippen molar-refractivity contribution in [3.63, 3.8) is 0 Å². The molecular formula is C16H18F3N5O. The van der Waals surface area contributed by atoms with Crippen LogP contribution in [0.1, 0.15) is 24.6 Å². The first-order valence-corrected chi connectivity index (χ1v) is 7.62. The average Bonchev–Trinajstić information content (AvgIpc) is 2.52. The molecule has 0 radical (unpaired) electrons. The van der Waals surface area contributed by atoms with Crippen molar-refractivity contribution in [2.75, 3.05) is 22.5 Å². The first-order valence-electron chi connectivity index (χ1n) is 7.62. The van der Waals surface area contributed by atoms with Gasteiger partial charge in [-0.3, -0.25) is 5.32 Å². The van der Waals surface area contributed by atoms with E-state index in [1.165, 1.54) is 12.1 Å². The molecule has 9 heteroatoms. The van der Waals surface area contributed by atoms with E-state index in [9.17, 15) is 18.0 Å². The molecule has 0 spiro atoms. The summed E-state index contributed by atoms with van der Waals surface area (Å²) >= 11 is 0. The van der Waals surface area contributed by atoms with Crippen LogP contribution in [0.4, 0.5) is 35.4 Å². The number of urea groups is 1. The summed E-state index contributed by atoms with van der Waals surface area (Å²) in [5.41, 5.74) is 0.105. The summed E-state index contributed by atoms with van der Waals surface area (Å²) in [4.78, 5) is 20.2. The number of rotatable bonds is 5. The Labute approximate surface area is 142 Å². The lowest BCUT2D eigenvalue weighted by Crippen LogP contribution is -2.21. The van der Waals surface area contributed by atoms with Gasteiger partial charge in [0.2, 0.25) is 5.95 Å². The molecule has 0 saturated heterocycles. The Morgan fingerprint density at radius 2 is 1.80 bits per heavy atom. The Hall–Kier alpha value is -2.84. The maximum Gasteiger partial charge on any atom is 0.416 e. The fourth-order valence-corrected chi connectivity index (χ4v) is 1.97. The van der Waals surface area contributed by atoms with Gasteiger partial charge in [0.1, 0.15) is 5.82 Å². The highest BCUT2D eigenvalue weighted by Crippen LogP contribution is 2.29. The standard InChI is InChI=1S/C16H18F3N5O/c1-3-8-20-13-9-10(2)21-14(23-13)24-15(25)22-12-6-4-11(5-7-12)16(17,18)19/h4-7,9H,3,8H2,1-2H3,(H3,20,21,22,23,24,25). The molecule has 0 atom stereocenters. The van der Waals surface area contributed by atoms with E-state index in [2.05, 4.69) is 25.9 Å². The van der Waals surface area contributed by atoms with Crippen LogP contribution in [-0.4, -0.2) is 22.5 Å². The highest BCUT2D eigenvalue weighted by atomic mass is 19.4. The van der Waals surface area contributed by atoms with Crippen LogP contribution in [0.5, 0.6) is 0 Å². The molecule has 0 aliphatic carbocycles. The molecule has 0 fully saturated rings. The molecule has 6 nitrogen and oxygen atoms in total. The lowest BCUT2D eigenvalue weighted by molar-refractivity contribution is -0.137. The quantitative estimate of drug-likeness (QED) is 0.750. The Morgan fingerprint density at radius 1 is 1.12 bits per heavy atom. The van der Waals surface area contributed by atoms with E-state index < -0.39 is 17.8 Å². The van der Waals surface area contributed by atoms with Crippen molar-refractivity contribution in [2.24, 2.45) is 0 Å². The monoisotopic (exact) mass is 353 g/mol. The zero-order valence-electron chi connectivity index (χ0n) is 13.7. The van der Waals surface area contributed by atoms with E-state index in [1.54, 1.807) is 13.0 Å². The number of nitrogens with one attached hydrogen (secondary N) is 3. The SMILES string of the molecule is CCCNc1cc(C)nc(NC(=O)Nc2ccc(C(F)(F)F)cc2)n1. The number of hydrogen-bond acceptors (Lipinski definition) is 4. The van der Waals surface area contributed by atoms with Gasteiger partial charge in [0.25, 0.3) is 0 Å². The summed E-state index contributed by atoms with van der Waals surface area (Å²) in [6.07, 6.45) is -3.50. The van der Waals surface area contributed by atoms with Crippen molar-refractivity contribution in [1.29, 1.82) is 0 Å². The molecule has 1 aromatic heterocycles. The van der Waals surface area contributed by atoms with Gasteiger partial charge in [0.05, 0.1) is 5.56 Å². The van der Waals surface area contributed by atoms with Crippen molar-refractivity contribution < 1.29 is 18.0 Å².